The molecule has 1 aliphatic rings. The van der Waals surface area contributed by atoms with Gasteiger partial charge >= 0.3 is 0 Å². The van der Waals surface area contributed by atoms with E-state index in [1.165, 1.54) is 11.3 Å². The number of amides is 1. The van der Waals surface area contributed by atoms with E-state index in [0.29, 0.717) is 6.42 Å². The van der Waals surface area contributed by atoms with Crippen molar-refractivity contribution in [3.05, 3.63) is 46.4 Å². The Labute approximate surface area is 135 Å². The van der Waals surface area contributed by atoms with Crippen LogP contribution < -0.4 is 4.90 Å². The van der Waals surface area contributed by atoms with Crippen LogP contribution in [0.5, 0.6) is 0 Å². The molecule has 0 bridgehead atoms. The average Bonchev–Trinajstić information content (AvgIpc) is 3.06. The fraction of sp³-hybridized carbons (Fsp3) is 0.412. The van der Waals surface area contributed by atoms with Crippen molar-refractivity contribution in [3.8, 4) is 0 Å². The zero-order valence-electron chi connectivity index (χ0n) is 12.9. The van der Waals surface area contributed by atoms with Gasteiger partial charge in [-0.05, 0) is 24.6 Å². The van der Waals surface area contributed by atoms with Gasteiger partial charge in [0.05, 0.1) is 5.01 Å². The molecular formula is C17H21N3OS. The van der Waals surface area contributed by atoms with Crippen molar-refractivity contribution < 1.29 is 4.79 Å². The van der Waals surface area contributed by atoms with Crippen LogP contribution in [0.4, 0.5) is 5.69 Å². The van der Waals surface area contributed by atoms with Gasteiger partial charge in [-0.1, -0.05) is 12.1 Å². The van der Waals surface area contributed by atoms with Gasteiger partial charge in [-0.15, -0.1) is 11.3 Å². The number of hydrogen-bond acceptors (Lipinski definition) is 4. The largest absolute Gasteiger partial charge is 0.368 e. The molecule has 5 heteroatoms. The number of benzene rings is 1. The molecule has 2 aromatic rings. The molecule has 0 radical (unpaired) electrons. The van der Waals surface area contributed by atoms with Crippen LogP contribution in [0.3, 0.4) is 0 Å². The molecular weight excluding hydrogens is 294 g/mol. The Hall–Kier alpha value is -1.88. The second kappa shape index (κ2) is 6.92. The number of thiazole rings is 1. The SMILES string of the molecule is Cc1cccc(N2CCN(C(=O)CCc3nccs3)CC2)c1. The third-order valence-corrected chi connectivity index (χ3v) is 4.87. The lowest BCUT2D eigenvalue weighted by atomic mass is 10.2. The Morgan fingerprint density at radius 1 is 1.27 bits per heavy atom. The molecule has 0 aliphatic carbocycles. The minimum Gasteiger partial charge on any atom is -0.368 e. The monoisotopic (exact) mass is 315 g/mol. The van der Waals surface area contributed by atoms with Gasteiger partial charge in [-0.2, -0.15) is 0 Å². The van der Waals surface area contributed by atoms with E-state index in [2.05, 4.69) is 41.1 Å². The van der Waals surface area contributed by atoms with Crippen molar-refractivity contribution in [3.63, 3.8) is 0 Å². The summed E-state index contributed by atoms with van der Waals surface area (Å²) in [5.41, 5.74) is 2.54. The molecule has 1 amide bonds. The highest BCUT2D eigenvalue weighted by Crippen LogP contribution is 2.18. The van der Waals surface area contributed by atoms with Gasteiger partial charge in [-0.25, -0.2) is 4.98 Å². The van der Waals surface area contributed by atoms with Crippen LogP contribution in [0.1, 0.15) is 17.0 Å². The van der Waals surface area contributed by atoms with Crippen LogP contribution in [-0.4, -0.2) is 42.0 Å². The lowest BCUT2D eigenvalue weighted by Gasteiger charge is -2.36. The summed E-state index contributed by atoms with van der Waals surface area (Å²) in [6.45, 7) is 5.55. The number of aryl methyl sites for hydroxylation is 2. The van der Waals surface area contributed by atoms with E-state index < -0.39 is 0 Å². The van der Waals surface area contributed by atoms with Crippen LogP contribution in [0.15, 0.2) is 35.8 Å². The smallest absolute Gasteiger partial charge is 0.223 e. The summed E-state index contributed by atoms with van der Waals surface area (Å²) >= 11 is 1.62. The lowest BCUT2D eigenvalue weighted by Crippen LogP contribution is -2.48. The summed E-state index contributed by atoms with van der Waals surface area (Å²) in [5.74, 6) is 0.249. The van der Waals surface area contributed by atoms with Gasteiger partial charge in [-0.3, -0.25) is 4.79 Å². The van der Waals surface area contributed by atoms with Crippen molar-refractivity contribution in [2.24, 2.45) is 0 Å². The summed E-state index contributed by atoms with van der Waals surface area (Å²) in [7, 11) is 0. The van der Waals surface area contributed by atoms with E-state index in [4.69, 9.17) is 0 Å². The molecule has 1 aromatic carbocycles. The van der Waals surface area contributed by atoms with E-state index in [0.717, 1.165) is 37.6 Å². The summed E-state index contributed by atoms with van der Waals surface area (Å²) < 4.78 is 0. The molecule has 0 saturated carbocycles. The molecule has 3 rings (SSSR count). The highest BCUT2D eigenvalue weighted by Gasteiger charge is 2.21. The first-order valence-corrected chi connectivity index (χ1v) is 8.58. The Bertz CT molecular complexity index is 619. The molecule has 1 aliphatic heterocycles. The van der Waals surface area contributed by atoms with E-state index in [1.807, 2.05) is 10.3 Å². The molecule has 22 heavy (non-hydrogen) atoms. The van der Waals surface area contributed by atoms with Crippen LogP contribution in [0.25, 0.3) is 0 Å². The first-order valence-electron chi connectivity index (χ1n) is 7.70. The number of carbonyl (C=O) groups excluding carboxylic acids is 1. The Kier molecular flexibility index (Phi) is 4.73. The topological polar surface area (TPSA) is 36.4 Å². The number of rotatable bonds is 4. The lowest BCUT2D eigenvalue weighted by molar-refractivity contribution is -0.131. The zero-order chi connectivity index (χ0) is 15.4. The van der Waals surface area contributed by atoms with Crippen LogP contribution >= 0.6 is 11.3 Å². The predicted octanol–water partition coefficient (Wildman–Crippen LogP) is 2.73. The second-order valence-corrected chi connectivity index (χ2v) is 6.61. The summed E-state index contributed by atoms with van der Waals surface area (Å²) in [6.07, 6.45) is 3.12. The highest BCUT2D eigenvalue weighted by molar-refractivity contribution is 7.09. The fourth-order valence-corrected chi connectivity index (χ4v) is 3.41. The van der Waals surface area contributed by atoms with Gasteiger partial charge in [0.2, 0.25) is 5.91 Å². The van der Waals surface area contributed by atoms with E-state index >= 15 is 0 Å². The molecule has 1 aromatic heterocycles. The van der Waals surface area contributed by atoms with Crippen molar-refractivity contribution in [1.82, 2.24) is 9.88 Å². The van der Waals surface area contributed by atoms with Crippen LogP contribution in [-0.2, 0) is 11.2 Å². The molecule has 0 atom stereocenters. The number of hydrogen-bond donors (Lipinski definition) is 0. The first kappa shape index (κ1) is 15.0. The van der Waals surface area contributed by atoms with E-state index in [-0.39, 0.29) is 5.91 Å². The maximum atomic E-state index is 12.3. The van der Waals surface area contributed by atoms with E-state index in [9.17, 15) is 4.79 Å². The Morgan fingerprint density at radius 2 is 2.09 bits per heavy atom. The first-order chi connectivity index (χ1) is 10.7. The molecule has 0 N–H and O–H groups in total. The van der Waals surface area contributed by atoms with Crippen molar-refractivity contribution in [1.29, 1.82) is 0 Å². The van der Waals surface area contributed by atoms with Crippen molar-refractivity contribution in [2.75, 3.05) is 31.1 Å². The molecule has 116 valence electrons. The van der Waals surface area contributed by atoms with Crippen LogP contribution in [0.2, 0.25) is 0 Å². The van der Waals surface area contributed by atoms with E-state index in [1.54, 1.807) is 17.5 Å². The second-order valence-electron chi connectivity index (χ2n) is 5.63. The zero-order valence-corrected chi connectivity index (χ0v) is 13.7. The van der Waals surface area contributed by atoms with Gasteiger partial charge in [0.25, 0.3) is 0 Å². The summed E-state index contributed by atoms with van der Waals surface area (Å²) in [5, 5.41) is 3.01. The normalized spacial score (nSPS) is 15.1. The highest BCUT2D eigenvalue weighted by atomic mass is 32.1. The number of carbonyl (C=O) groups is 1. The molecule has 0 unspecified atom stereocenters. The number of nitrogens with zero attached hydrogens (tertiary/aromatic N) is 3. The Balaban J connectivity index is 1.49. The Morgan fingerprint density at radius 3 is 2.77 bits per heavy atom. The minimum atomic E-state index is 0.249. The number of piperazine rings is 1. The van der Waals surface area contributed by atoms with Gasteiger partial charge in [0.15, 0.2) is 0 Å². The summed E-state index contributed by atoms with van der Waals surface area (Å²) in [6, 6.07) is 8.56. The molecule has 2 heterocycles. The quantitative estimate of drug-likeness (QED) is 0.870. The molecule has 0 spiro atoms. The van der Waals surface area contributed by atoms with Crippen LogP contribution in [0, 0.1) is 6.92 Å². The molecule has 1 fully saturated rings. The maximum Gasteiger partial charge on any atom is 0.223 e. The van der Waals surface area contributed by atoms with Gasteiger partial charge < -0.3 is 9.80 Å². The third kappa shape index (κ3) is 3.65. The minimum absolute atomic E-state index is 0.249. The van der Waals surface area contributed by atoms with Crippen molar-refractivity contribution in [2.45, 2.75) is 19.8 Å². The van der Waals surface area contributed by atoms with Crippen molar-refractivity contribution >= 4 is 22.9 Å². The number of aromatic nitrogens is 1. The van der Waals surface area contributed by atoms with Gasteiger partial charge in [0, 0.05) is 56.3 Å². The third-order valence-electron chi connectivity index (χ3n) is 4.04. The standard InChI is InChI=1S/C17H21N3OS/c1-14-3-2-4-15(13-14)19-8-10-20(11-9-19)17(21)6-5-16-18-7-12-22-16/h2-4,7,12-13H,5-6,8-11H2,1H3. The number of anilines is 1. The van der Waals surface area contributed by atoms with Gasteiger partial charge in [0.1, 0.15) is 0 Å². The predicted molar refractivity (Wildman–Crippen MR) is 90.4 cm³/mol. The fourth-order valence-electron chi connectivity index (χ4n) is 2.79. The molecule has 4 nitrogen and oxygen atoms in total. The average molecular weight is 315 g/mol. The maximum absolute atomic E-state index is 12.3. The molecule has 1 saturated heterocycles. The summed E-state index contributed by atoms with van der Waals surface area (Å²) in [4.78, 5) is 20.9.